The number of phenols is 1. The first kappa shape index (κ1) is 9.76. The van der Waals surface area contributed by atoms with Crippen LogP contribution in [0.25, 0.3) is 10.9 Å². The first-order chi connectivity index (χ1) is 6.98. The molecule has 1 aromatic carbocycles. The van der Waals surface area contributed by atoms with E-state index in [0.29, 0.717) is 5.39 Å². The van der Waals surface area contributed by atoms with E-state index in [-0.39, 0.29) is 5.52 Å². The number of hydrogen-bond donors (Lipinski definition) is 1. The van der Waals surface area contributed by atoms with E-state index in [1.807, 2.05) is 0 Å². The van der Waals surface area contributed by atoms with Gasteiger partial charge in [-0.25, -0.2) is 0 Å². The number of alkyl halides is 3. The van der Waals surface area contributed by atoms with E-state index >= 15 is 0 Å². The van der Waals surface area contributed by atoms with Crippen LogP contribution in [-0.2, 0) is 6.18 Å². The summed E-state index contributed by atoms with van der Waals surface area (Å²) in [5.41, 5.74) is -0.851. The van der Waals surface area contributed by atoms with Gasteiger partial charge in [0.1, 0.15) is 5.75 Å². The van der Waals surface area contributed by atoms with Gasteiger partial charge in [0.15, 0.2) is 0 Å². The third-order valence-corrected chi connectivity index (χ3v) is 2.03. The maximum atomic E-state index is 12.4. The molecule has 0 amide bonds. The van der Waals surface area contributed by atoms with Crippen molar-refractivity contribution in [2.24, 2.45) is 0 Å². The van der Waals surface area contributed by atoms with Gasteiger partial charge in [-0.1, -0.05) is 6.07 Å². The van der Waals surface area contributed by atoms with Crippen LogP contribution in [0, 0.1) is 0 Å². The minimum atomic E-state index is -4.56. The van der Waals surface area contributed by atoms with Crippen LogP contribution in [0.3, 0.4) is 0 Å². The van der Waals surface area contributed by atoms with Gasteiger partial charge < -0.3 is 5.11 Å². The number of aromatic hydroxyl groups is 1. The zero-order valence-electron chi connectivity index (χ0n) is 7.42. The molecule has 0 spiro atoms. The Morgan fingerprint density at radius 1 is 1.20 bits per heavy atom. The maximum absolute atomic E-state index is 12.4. The molecule has 2 aromatic rings. The molecule has 15 heavy (non-hydrogen) atoms. The Morgan fingerprint density at radius 2 is 1.93 bits per heavy atom. The molecule has 0 unspecified atom stereocenters. The van der Waals surface area contributed by atoms with Crippen LogP contribution >= 0.6 is 0 Å². The fourth-order valence-electron chi connectivity index (χ4n) is 1.34. The molecule has 1 N–H and O–H groups in total. The Labute approximate surface area is 83.0 Å². The van der Waals surface area contributed by atoms with E-state index in [1.165, 1.54) is 6.20 Å². The van der Waals surface area contributed by atoms with Gasteiger partial charge in [0.05, 0.1) is 11.1 Å². The second-order valence-electron chi connectivity index (χ2n) is 3.06. The third-order valence-electron chi connectivity index (χ3n) is 2.03. The SMILES string of the molecule is Oc1cc2cccnc2cc1C(F)(F)F. The van der Waals surface area contributed by atoms with Gasteiger partial charge in [-0.3, -0.25) is 4.98 Å². The fourth-order valence-corrected chi connectivity index (χ4v) is 1.34. The molecule has 0 aliphatic heterocycles. The maximum Gasteiger partial charge on any atom is 0.420 e. The normalized spacial score (nSPS) is 11.9. The minimum absolute atomic E-state index is 0.211. The molecule has 0 bridgehead atoms. The number of rotatable bonds is 0. The van der Waals surface area contributed by atoms with Crippen LogP contribution in [0.15, 0.2) is 30.5 Å². The van der Waals surface area contributed by atoms with E-state index in [4.69, 9.17) is 0 Å². The quantitative estimate of drug-likeness (QED) is 0.729. The third kappa shape index (κ3) is 1.72. The van der Waals surface area contributed by atoms with E-state index in [1.54, 1.807) is 12.1 Å². The van der Waals surface area contributed by atoms with Gasteiger partial charge in [-0.15, -0.1) is 0 Å². The standard InChI is InChI=1S/C10H6F3NO/c11-10(12,13)7-5-8-6(4-9(7)15)2-1-3-14-8/h1-5,15H. The van der Waals surface area contributed by atoms with E-state index in [9.17, 15) is 18.3 Å². The smallest absolute Gasteiger partial charge is 0.420 e. The van der Waals surface area contributed by atoms with Gasteiger partial charge >= 0.3 is 6.18 Å². The molecule has 0 fully saturated rings. The minimum Gasteiger partial charge on any atom is -0.507 e. The molecule has 1 aromatic heterocycles. The Kier molecular flexibility index (Phi) is 2.03. The average molecular weight is 213 g/mol. The second kappa shape index (κ2) is 3.12. The van der Waals surface area contributed by atoms with Gasteiger partial charge in [0, 0.05) is 11.6 Å². The lowest BCUT2D eigenvalue weighted by molar-refractivity contribution is -0.138. The molecule has 0 aliphatic carbocycles. The van der Waals surface area contributed by atoms with Crippen molar-refractivity contribution < 1.29 is 18.3 Å². The lowest BCUT2D eigenvalue weighted by Crippen LogP contribution is -2.05. The van der Waals surface area contributed by atoms with Gasteiger partial charge in [-0.2, -0.15) is 13.2 Å². The van der Waals surface area contributed by atoms with Crippen LogP contribution in [0.5, 0.6) is 5.75 Å². The predicted molar refractivity (Wildman–Crippen MR) is 48.4 cm³/mol. The first-order valence-corrected chi connectivity index (χ1v) is 4.13. The Bertz CT molecular complexity index is 507. The summed E-state index contributed by atoms with van der Waals surface area (Å²) in [4.78, 5) is 3.79. The van der Waals surface area contributed by atoms with Crippen molar-refractivity contribution in [3.8, 4) is 5.75 Å². The van der Waals surface area contributed by atoms with Crippen LogP contribution in [-0.4, -0.2) is 10.1 Å². The Morgan fingerprint density at radius 3 is 2.60 bits per heavy atom. The predicted octanol–water partition coefficient (Wildman–Crippen LogP) is 2.96. The summed E-state index contributed by atoms with van der Waals surface area (Å²) >= 11 is 0. The van der Waals surface area contributed by atoms with E-state index in [0.717, 1.165) is 12.1 Å². The lowest BCUT2D eigenvalue weighted by Gasteiger charge is -2.09. The summed E-state index contributed by atoms with van der Waals surface area (Å²) in [6.07, 6.45) is -3.16. The largest absolute Gasteiger partial charge is 0.507 e. The van der Waals surface area contributed by atoms with Gasteiger partial charge in [0.2, 0.25) is 0 Å². The average Bonchev–Trinajstić information content (AvgIpc) is 2.15. The molecular weight excluding hydrogens is 207 g/mol. The second-order valence-corrected chi connectivity index (χ2v) is 3.06. The number of benzene rings is 1. The summed E-state index contributed by atoms with van der Waals surface area (Å²) in [7, 11) is 0. The number of aromatic nitrogens is 1. The molecule has 0 radical (unpaired) electrons. The van der Waals surface area contributed by atoms with Crippen LogP contribution in [0.1, 0.15) is 5.56 Å². The molecule has 0 saturated heterocycles. The first-order valence-electron chi connectivity index (χ1n) is 4.13. The zero-order chi connectivity index (χ0) is 11.1. The van der Waals surface area contributed by atoms with Crippen molar-refractivity contribution in [2.75, 3.05) is 0 Å². The molecule has 5 heteroatoms. The monoisotopic (exact) mass is 213 g/mol. The number of fused-ring (bicyclic) bond motifs is 1. The molecule has 0 aliphatic rings. The van der Waals surface area contributed by atoms with Crippen molar-refractivity contribution in [2.45, 2.75) is 6.18 Å². The number of nitrogens with zero attached hydrogens (tertiary/aromatic N) is 1. The topological polar surface area (TPSA) is 33.1 Å². The molecule has 2 nitrogen and oxygen atoms in total. The molecule has 0 atom stereocenters. The Balaban J connectivity index is 2.73. The van der Waals surface area contributed by atoms with Crippen molar-refractivity contribution in [1.29, 1.82) is 0 Å². The number of halogens is 3. The molecule has 1 heterocycles. The van der Waals surface area contributed by atoms with E-state index in [2.05, 4.69) is 4.98 Å². The molecular formula is C10H6F3NO. The van der Waals surface area contributed by atoms with Crippen molar-refractivity contribution >= 4 is 10.9 Å². The summed E-state index contributed by atoms with van der Waals surface area (Å²) in [6.45, 7) is 0. The van der Waals surface area contributed by atoms with Crippen molar-refractivity contribution in [3.63, 3.8) is 0 Å². The highest BCUT2D eigenvalue weighted by atomic mass is 19.4. The van der Waals surface area contributed by atoms with Gasteiger partial charge in [0.25, 0.3) is 0 Å². The van der Waals surface area contributed by atoms with Crippen LogP contribution in [0.4, 0.5) is 13.2 Å². The molecule has 0 saturated carbocycles. The number of phenolic OH excluding ortho intramolecular Hbond substituents is 1. The van der Waals surface area contributed by atoms with Crippen molar-refractivity contribution in [1.82, 2.24) is 4.98 Å². The summed E-state index contributed by atoms with van der Waals surface area (Å²) < 4.78 is 37.2. The Hall–Kier alpha value is -1.78. The number of pyridine rings is 1. The highest BCUT2D eigenvalue weighted by Gasteiger charge is 2.34. The fraction of sp³-hybridized carbons (Fsp3) is 0.100. The van der Waals surface area contributed by atoms with Crippen LogP contribution in [0.2, 0.25) is 0 Å². The lowest BCUT2D eigenvalue weighted by atomic mass is 10.1. The summed E-state index contributed by atoms with van der Waals surface area (Å²) in [5, 5.41) is 9.67. The van der Waals surface area contributed by atoms with E-state index < -0.39 is 17.5 Å². The zero-order valence-corrected chi connectivity index (χ0v) is 7.42. The highest BCUT2D eigenvalue weighted by molar-refractivity contribution is 5.81. The summed E-state index contributed by atoms with van der Waals surface area (Å²) in [5.74, 6) is -0.775. The number of hydrogen-bond acceptors (Lipinski definition) is 2. The van der Waals surface area contributed by atoms with Crippen LogP contribution < -0.4 is 0 Å². The molecule has 78 valence electrons. The summed E-state index contributed by atoms with van der Waals surface area (Å²) in [6, 6.07) is 5.08. The van der Waals surface area contributed by atoms with Crippen molar-refractivity contribution in [3.05, 3.63) is 36.0 Å². The molecule has 2 rings (SSSR count). The van der Waals surface area contributed by atoms with Gasteiger partial charge in [-0.05, 0) is 18.2 Å². The highest BCUT2D eigenvalue weighted by Crippen LogP contribution is 2.37.